The first-order valence-electron chi connectivity index (χ1n) is 9.99. The summed E-state index contributed by atoms with van der Waals surface area (Å²) in [6.07, 6.45) is 5.81. The molecule has 0 aliphatic heterocycles. The monoisotopic (exact) mass is 382 g/mol. The van der Waals surface area contributed by atoms with E-state index in [1.165, 1.54) is 19.3 Å². The third kappa shape index (κ3) is 5.65. The van der Waals surface area contributed by atoms with E-state index in [1.807, 2.05) is 53.4 Å². The normalized spacial score (nSPS) is 14.4. The van der Waals surface area contributed by atoms with Gasteiger partial charge in [-0.3, -0.25) is 0 Å². The van der Waals surface area contributed by atoms with Crippen LogP contribution in [0.2, 0.25) is 0 Å². The van der Waals surface area contributed by atoms with Crippen molar-refractivity contribution in [1.82, 2.24) is 10.2 Å². The molecule has 3 rings (SSSR count). The van der Waals surface area contributed by atoms with E-state index in [-0.39, 0.29) is 12.1 Å². The van der Waals surface area contributed by atoms with Gasteiger partial charge in [-0.05, 0) is 48.2 Å². The molecule has 1 aliphatic carbocycles. The van der Waals surface area contributed by atoms with Crippen molar-refractivity contribution in [3.63, 3.8) is 0 Å². The fourth-order valence-electron chi connectivity index (χ4n) is 3.62. The van der Waals surface area contributed by atoms with Crippen LogP contribution < -0.4 is 14.8 Å². The maximum absolute atomic E-state index is 13.0. The van der Waals surface area contributed by atoms with Crippen LogP contribution in [0, 0.1) is 0 Å². The highest BCUT2D eigenvalue weighted by molar-refractivity contribution is 5.74. The van der Waals surface area contributed by atoms with Crippen LogP contribution in [0.5, 0.6) is 11.5 Å². The molecule has 28 heavy (non-hydrogen) atoms. The van der Waals surface area contributed by atoms with E-state index >= 15 is 0 Å². The maximum Gasteiger partial charge on any atom is 0.318 e. The molecule has 1 N–H and O–H groups in total. The molecule has 0 radical (unpaired) electrons. The lowest BCUT2D eigenvalue weighted by molar-refractivity contribution is 0.184. The van der Waals surface area contributed by atoms with E-state index in [1.54, 1.807) is 14.2 Å². The molecule has 0 unspecified atom stereocenters. The first-order chi connectivity index (χ1) is 13.7. The predicted octanol–water partition coefficient (Wildman–Crippen LogP) is 4.75. The van der Waals surface area contributed by atoms with Crippen LogP contribution in [0.15, 0.2) is 48.5 Å². The molecule has 5 nitrogen and oxygen atoms in total. The van der Waals surface area contributed by atoms with Crippen molar-refractivity contribution in [2.24, 2.45) is 0 Å². The average Bonchev–Trinajstić information content (AvgIpc) is 2.75. The van der Waals surface area contributed by atoms with Crippen molar-refractivity contribution in [1.29, 1.82) is 0 Å². The highest BCUT2D eigenvalue weighted by Crippen LogP contribution is 2.20. The second kappa shape index (κ2) is 10.0. The Hall–Kier alpha value is -2.69. The minimum Gasteiger partial charge on any atom is -0.497 e. The third-order valence-corrected chi connectivity index (χ3v) is 5.28. The largest absolute Gasteiger partial charge is 0.497 e. The molecular weight excluding hydrogens is 352 g/mol. The number of methoxy groups -OCH3 is 2. The molecule has 0 bridgehead atoms. The summed E-state index contributed by atoms with van der Waals surface area (Å²) in [5, 5.41) is 3.24. The summed E-state index contributed by atoms with van der Waals surface area (Å²) in [6, 6.07) is 16.0. The van der Waals surface area contributed by atoms with E-state index in [0.29, 0.717) is 13.1 Å². The van der Waals surface area contributed by atoms with Gasteiger partial charge in [0.25, 0.3) is 0 Å². The molecule has 1 fully saturated rings. The lowest BCUT2D eigenvalue weighted by Gasteiger charge is -2.28. The smallest absolute Gasteiger partial charge is 0.318 e. The Morgan fingerprint density at radius 2 is 1.32 bits per heavy atom. The Bertz CT molecular complexity index is 688. The van der Waals surface area contributed by atoms with E-state index in [4.69, 9.17) is 9.47 Å². The number of hydrogen-bond donors (Lipinski definition) is 1. The SMILES string of the molecule is COc1ccc(CN(Cc2ccc(OC)cc2)C(=O)NC2CCCCC2)cc1. The van der Waals surface area contributed by atoms with E-state index < -0.39 is 0 Å². The van der Waals surface area contributed by atoms with E-state index in [0.717, 1.165) is 35.5 Å². The molecule has 2 aromatic rings. The lowest BCUT2D eigenvalue weighted by atomic mass is 9.96. The van der Waals surface area contributed by atoms with Crippen molar-refractivity contribution in [2.75, 3.05) is 14.2 Å². The summed E-state index contributed by atoms with van der Waals surface area (Å²) in [4.78, 5) is 14.9. The predicted molar refractivity (Wildman–Crippen MR) is 111 cm³/mol. The van der Waals surface area contributed by atoms with Crippen LogP contribution in [-0.4, -0.2) is 31.2 Å². The quantitative estimate of drug-likeness (QED) is 0.752. The van der Waals surface area contributed by atoms with Crippen molar-refractivity contribution < 1.29 is 14.3 Å². The second-order valence-electron chi connectivity index (χ2n) is 7.34. The molecule has 0 atom stereocenters. The van der Waals surface area contributed by atoms with Crippen LogP contribution in [0.1, 0.15) is 43.2 Å². The Kier molecular flexibility index (Phi) is 7.18. The standard InChI is InChI=1S/C23H30N2O3/c1-27-21-12-8-18(9-13-21)16-25(17-19-10-14-22(28-2)15-11-19)23(26)24-20-6-4-3-5-7-20/h8-15,20H,3-7,16-17H2,1-2H3,(H,24,26). The van der Waals surface area contributed by atoms with Crippen LogP contribution >= 0.6 is 0 Å². The first-order valence-corrected chi connectivity index (χ1v) is 9.99. The van der Waals surface area contributed by atoms with Crippen LogP contribution in [-0.2, 0) is 13.1 Å². The highest BCUT2D eigenvalue weighted by atomic mass is 16.5. The van der Waals surface area contributed by atoms with Gasteiger partial charge in [0.15, 0.2) is 0 Å². The Morgan fingerprint density at radius 3 is 1.75 bits per heavy atom. The van der Waals surface area contributed by atoms with E-state index in [9.17, 15) is 4.79 Å². The number of nitrogens with zero attached hydrogens (tertiary/aromatic N) is 1. The number of urea groups is 1. The number of carbonyl (C=O) groups is 1. The molecule has 150 valence electrons. The third-order valence-electron chi connectivity index (χ3n) is 5.28. The molecule has 0 saturated heterocycles. The Morgan fingerprint density at radius 1 is 0.857 bits per heavy atom. The zero-order valence-corrected chi connectivity index (χ0v) is 16.8. The summed E-state index contributed by atoms with van der Waals surface area (Å²) in [7, 11) is 3.31. The van der Waals surface area contributed by atoms with Gasteiger partial charge < -0.3 is 19.7 Å². The van der Waals surface area contributed by atoms with Gasteiger partial charge in [0.05, 0.1) is 14.2 Å². The van der Waals surface area contributed by atoms with Crippen molar-refractivity contribution in [3.05, 3.63) is 59.7 Å². The van der Waals surface area contributed by atoms with E-state index in [2.05, 4.69) is 5.32 Å². The van der Waals surface area contributed by atoms with Crippen LogP contribution in [0.25, 0.3) is 0 Å². The topological polar surface area (TPSA) is 50.8 Å². The number of rotatable bonds is 7. The van der Waals surface area contributed by atoms with Crippen LogP contribution in [0.4, 0.5) is 4.79 Å². The second-order valence-corrected chi connectivity index (χ2v) is 7.34. The fraction of sp³-hybridized carbons (Fsp3) is 0.435. The maximum atomic E-state index is 13.0. The van der Waals surface area contributed by atoms with Crippen molar-refractivity contribution in [3.8, 4) is 11.5 Å². The molecule has 0 heterocycles. The zero-order chi connectivity index (χ0) is 19.8. The molecule has 2 aromatic carbocycles. The van der Waals surface area contributed by atoms with Crippen LogP contribution in [0.3, 0.4) is 0 Å². The average molecular weight is 383 g/mol. The fourth-order valence-corrected chi connectivity index (χ4v) is 3.62. The molecule has 0 spiro atoms. The first kappa shape index (κ1) is 20.1. The van der Waals surface area contributed by atoms with Gasteiger partial charge in [0.1, 0.15) is 11.5 Å². The summed E-state index contributed by atoms with van der Waals surface area (Å²) in [5.41, 5.74) is 2.15. The number of benzene rings is 2. The van der Waals surface area contributed by atoms with Gasteiger partial charge in [-0.2, -0.15) is 0 Å². The van der Waals surface area contributed by atoms with Gasteiger partial charge in [-0.15, -0.1) is 0 Å². The zero-order valence-electron chi connectivity index (χ0n) is 16.8. The summed E-state index contributed by atoms with van der Waals surface area (Å²) in [5.74, 6) is 1.63. The van der Waals surface area contributed by atoms with Gasteiger partial charge in [-0.1, -0.05) is 43.5 Å². The number of carbonyl (C=O) groups excluding carboxylic acids is 1. The number of hydrogen-bond acceptors (Lipinski definition) is 3. The van der Waals surface area contributed by atoms with Gasteiger partial charge in [0.2, 0.25) is 0 Å². The van der Waals surface area contributed by atoms with Gasteiger partial charge in [-0.25, -0.2) is 4.79 Å². The molecule has 0 aromatic heterocycles. The molecule has 1 aliphatic rings. The minimum absolute atomic E-state index is 0.00136. The molecule has 1 saturated carbocycles. The Labute approximate surface area is 167 Å². The summed E-state index contributed by atoms with van der Waals surface area (Å²) < 4.78 is 10.5. The number of ether oxygens (including phenoxy) is 2. The highest BCUT2D eigenvalue weighted by Gasteiger charge is 2.20. The van der Waals surface area contributed by atoms with Crippen molar-refractivity contribution >= 4 is 6.03 Å². The van der Waals surface area contributed by atoms with Gasteiger partial charge >= 0.3 is 6.03 Å². The van der Waals surface area contributed by atoms with Crippen molar-refractivity contribution in [2.45, 2.75) is 51.2 Å². The number of nitrogens with one attached hydrogen (secondary N) is 1. The minimum atomic E-state index is -0.00136. The summed E-state index contributed by atoms with van der Waals surface area (Å²) >= 11 is 0. The lowest BCUT2D eigenvalue weighted by Crippen LogP contribution is -2.44. The molecule has 2 amide bonds. The van der Waals surface area contributed by atoms with Gasteiger partial charge in [0, 0.05) is 19.1 Å². The molecular formula is C23H30N2O3. The number of amides is 2. The Balaban J connectivity index is 1.71. The molecule has 5 heteroatoms. The summed E-state index contributed by atoms with van der Waals surface area (Å²) in [6.45, 7) is 1.10.